The minimum absolute atomic E-state index is 0.0997. The number of carbonyl (C=O) groups excluding carboxylic acids is 1. The largest absolute Gasteiger partial charge is 0.372 e. The summed E-state index contributed by atoms with van der Waals surface area (Å²) >= 11 is 0. The van der Waals surface area contributed by atoms with Crippen molar-refractivity contribution in [2.45, 2.75) is 6.10 Å². The number of hydrogen-bond acceptors (Lipinski definition) is 4. The average molecular weight is 362 g/mol. The fourth-order valence-corrected chi connectivity index (χ4v) is 3.40. The second kappa shape index (κ2) is 6.14. The molecule has 4 aromatic rings. The topological polar surface area (TPSA) is 83.7 Å². The van der Waals surface area contributed by atoms with E-state index >= 15 is 0 Å². The molecule has 0 bridgehead atoms. The first kappa shape index (κ1) is 15.9. The second-order valence-corrected chi connectivity index (χ2v) is 6.55. The molecule has 0 amide bonds. The van der Waals surface area contributed by atoms with Crippen molar-refractivity contribution < 1.29 is 13.9 Å². The molecule has 1 fully saturated rings. The molecule has 6 nitrogen and oxygen atoms in total. The van der Waals surface area contributed by atoms with Crippen molar-refractivity contribution in [2.75, 3.05) is 6.61 Å². The van der Waals surface area contributed by atoms with E-state index in [9.17, 15) is 9.18 Å². The van der Waals surface area contributed by atoms with Crippen molar-refractivity contribution in [3.05, 3.63) is 71.9 Å². The lowest BCUT2D eigenvalue weighted by Crippen LogP contribution is -2.39. The number of aromatic nitrogens is 4. The van der Waals surface area contributed by atoms with Crippen LogP contribution in [0.3, 0.4) is 0 Å². The number of H-pyrrole nitrogens is 2. The maximum atomic E-state index is 14.0. The van der Waals surface area contributed by atoms with E-state index in [0.717, 1.165) is 16.6 Å². The SMILES string of the molecule is O=C(c1cc2ccc(-c3cn[nH]c3)nc2[nH]1)C1CO[C@@H]1c1ccccc1F. The molecule has 2 atom stereocenters. The lowest BCUT2D eigenvalue weighted by molar-refractivity contribution is -0.1000. The quantitative estimate of drug-likeness (QED) is 0.543. The summed E-state index contributed by atoms with van der Waals surface area (Å²) in [6.07, 6.45) is 2.89. The Morgan fingerprint density at radius 2 is 2.11 bits per heavy atom. The predicted octanol–water partition coefficient (Wildman–Crippen LogP) is 3.66. The number of pyridine rings is 1. The van der Waals surface area contributed by atoms with E-state index in [1.165, 1.54) is 6.07 Å². The van der Waals surface area contributed by atoms with Crippen LogP contribution in [0.1, 0.15) is 22.2 Å². The molecule has 1 aliphatic heterocycles. The molecule has 1 aromatic carbocycles. The van der Waals surface area contributed by atoms with Gasteiger partial charge in [-0.2, -0.15) is 5.10 Å². The summed E-state index contributed by atoms with van der Waals surface area (Å²) in [5.41, 5.74) is 3.12. The molecular formula is C20H15FN4O2. The number of aromatic amines is 2. The molecule has 134 valence electrons. The third kappa shape index (κ3) is 2.63. The number of hydrogen-bond donors (Lipinski definition) is 2. The van der Waals surface area contributed by atoms with Gasteiger partial charge in [-0.3, -0.25) is 9.89 Å². The Hall–Kier alpha value is -3.32. The van der Waals surface area contributed by atoms with Gasteiger partial charge in [-0.1, -0.05) is 18.2 Å². The van der Waals surface area contributed by atoms with Gasteiger partial charge in [0.1, 0.15) is 11.5 Å². The Labute approximate surface area is 153 Å². The van der Waals surface area contributed by atoms with Crippen LogP contribution >= 0.6 is 0 Å². The zero-order valence-corrected chi connectivity index (χ0v) is 14.1. The average Bonchev–Trinajstić information content (AvgIpc) is 3.31. The van der Waals surface area contributed by atoms with Crippen LogP contribution in [0.2, 0.25) is 0 Å². The number of nitrogens with zero attached hydrogens (tertiary/aromatic N) is 2. The first-order chi connectivity index (χ1) is 13.2. The molecule has 0 spiro atoms. The van der Waals surface area contributed by atoms with Gasteiger partial charge in [-0.25, -0.2) is 9.37 Å². The third-order valence-electron chi connectivity index (χ3n) is 4.91. The zero-order chi connectivity index (χ0) is 18.4. The monoisotopic (exact) mass is 362 g/mol. The maximum Gasteiger partial charge on any atom is 0.187 e. The lowest BCUT2D eigenvalue weighted by Gasteiger charge is -2.35. The summed E-state index contributed by atoms with van der Waals surface area (Å²) in [5, 5.41) is 7.52. The number of ketones is 1. The van der Waals surface area contributed by atoms with Crippen LogP contribution in [-0.2, 0) is 4.74 Å². The number of benzene rings is 1. The van der Waals surface area contributed by atoms with Crippen molar-refractivity contribution in [3.8, 4) is 11.3 Å². The molecule has 2 N–H and O–H groups in total. The van der Waals surface area contributed by atoms with Gasteiger partial charge in [-0.15, -0.1) is 0 Å². The number of carbonyl (C=O) groups is 1. The van der Waals surface area contributed by atoms with E-state index in [2.05, 4.69) is 20.2 Å². The van der Waals surface area contributed by atoms with E-state index in [0.29, 0.717) is 16.9 Å². The number of ether oxygens (including phenoxy) is 1. The Morgan fingerprint density at radius 3 is 2.85 bits per heavy atom. The van der Waals surface area contributed by atoms with Crippen LogP contribution in [-0.4, -0.2) is 32.6 Å². The van der Waals surface area contributed by atoms with Crippen LogP contribution in [0.15, 0.2) is 54.9 Å². The smallest absolute Gasteiger partial charge is 0.187 e. The second-order valence-electron chi connectivity index (χ2n) is 6.55. The molecule has 1 saturated heterocycles. The molecule has 0 aliphatic carbocycles. The van der Waals surface area contributed by atoms with Crippen LogP contribution < -0.4 is 0 Å². The van der Waals surface area contributed by atoms with Gasteiger partial charge in [0.25, 0.3) is 0 Å². The van der Waals surface area contributed by atoms with Crippen LogP contribution in [0, 0.1) is 11.7 Å². The molecular weight excluding hydrogens is 347 g/mol. The summed E-state index contributed by atoms with van der Waals surface area (Å²) < 4.78 is 19.5. The number of Topliss-reactive ketones (excluding diaryl/α,β-unsaturated/α-hetero) is 1. The van der Waals surface area contributed by atoms with E-state index in [1.807, 2.05) is 12.1 Å². The first-order valence-electron chi connectivity index (χ1n) is 8.60. The highest BCUT2D eigenvalue weighted by Gasteiger charge is 2.41. The van der Waals surface area contributed by atoms with E-state index in [-0.39, 0.29) is 18.2 Å². The van der Waals surface area contributed by atoms with Gasteiger partial charge in [0.15, 0.2) is 5.78 Å². The summed E-state index contributed by atoms with van der Waals surface area (Å²) in [7, 11) is 0. The van der Waals surface area contributed by atoms with E-state index < -0.39 is 12.0 Å². The molecule has 5 rings (SSSR count). The van der Waals surface area contributed by atoms with E-state index in [1.54, 1.807) is 36.7 Å². The standard InChI is InChI=1S/C20H15FN4O2/c21-15-4-2-1-3-13(15)19-14(10-27-19)18(26)17-7-11-5-6-16(24-20(11)25-17)12-8-22-23-9-12/h1-9,14,19H,10H2,(H,22,23)(H,24,25)/t14?,19-/m1/s1. The highest BCUT2D eigenvalue weighted by Crippen LogP contribution is 2.38. The molecule has 27 heavy (non-hydrogen) atoms. The summed E-state index contributed by atoms with van der Waals surface area (Å²) in [6, 6.07) is 12.0. The summed E-state index contributed by atoms with van der Waals surface area (Å²) in [6.45, 7) is 0.279. The molecule has 1 unspecified atom stereocenters. The van der Waals surface area contributed by atoms with Gasteiger partial charge >= 0.3 is 0 Å². The minimum Gasteiger partial charge on any atom is -0.372 e. The summed E-state index contributed by atoms with van der Waals surface area (Å²) in [5.74, 6) is -0.872. The zero-order valence-electron chi connectivity index (χ0n) is 14.1. The molecule has 4 heterocycles. The fourth-order valence-electron chi connectivity index (χ4n) is 3.40. The van der Waals surface area contributed by atoms with Crippen LogP contribution in [0.4, 0.5) is 4.39 Å². The van der Waals surface area contributed by atoms with Gasteiger partial charge in [-0.05, 0) is 24.3 Å². The number of rotatable bonds is 4. The van der Waals surface area contributed by atoms with Gasteiger partial charge in [0.05, 0.1) is 36.2 Å². The predicted molar refractivity (Wildman–Crippen MR) is 96.6 cm³/mol. The number of halogens is 1. The van der Waals surface area contributed by atoms with Crippen molar-refractivity contribution in [1.82, 2.24) is 20.2 Å². The highest BCUT2D eigenvalue weighted by molar-refractivity contribution is 6.01. The Kier molecular flexibility index (Phi) is 3.61. The fraction of sp³-hybridized carbons (Fsp3) is 0.150. The Balaban J connectivity index is 1.45. The molecule has 7 heteroatoms. The van der Waals surface area contributed by atoms with Crippen molar-refractivity contribution in [2.24, 2.45) is 5.92 Å². The van der Waals surface area contributed by atoms with Gasteiger partial charge in [0.2, 0.25) is 0 Å². The molecule has 3 aromatic heterocycles. The molecule has 0 saturated carbocycles. The normalized spacial score (nSPS) is 19.1. The van der Waals surface area contributed by atoms with E-state index in [4.69, 9.17) is 4.74 Å². The third-order valence-corrected chi connectivity index (χ3v) is 4.91. The first-order valence-corrected chi connectivity index (χ1v) is 8.60. The molecule has 1 aliphatic rings. The van der Waals surface area contributed by atoms with Gasteiger partial charge < -0.3 is 9.72 Å². The Morgan fingerprint density at radius 1 is 1.22 bits per heavy atom. The summed E-state index contributed by atoms with van der Waals surface area (Å²) in [4.78, 5) is 20.6. The molecule has 0 radical (unpaired) electrons. The number of nitrogens with one attached hydrogen (secondary N) is 2. The van der Waals surface area contributed by atoms with Crippen LogP contribution in [0.25, 0.3) is 22.3 Å². The van der Waals surface area contributed by atoms with Gasteiger partial charge in [0, 0.05) is 22.7 Å². The van der Waals surface area contributed by atoms with Crippen molar-refractivity contribution in [3.63, 3.8) is 0 Å². The number of fused-ring (bicyclic) bond motifs is 1. The Bertz CT molecular complexity index is 1140. The van der Waals surface area contributed by atoms with Crippen molar-refractivity contribution in [1.29, 1.82) is 0 Å². The van der Waals surface area contributed by atoms with Crippen LogP contribution in [0.5, 0.6) is 0 Å². The van der Waals surface area contributed by atoms with Crippen molar-refractivity contribution >= 4 is 16.8 Å². The maximum absolute atomic E-state index is 14.0. The lowest BCUT2D eigenvalue weighted by atomic mass is 9.86. The minimum atomic E-state index is -0.556. The highest BCUT2D eigenvalue weighted by atomic mass is 19.1.